The van der Waals surface area contributed by atoms with Crippen LogP contribution in [-0.4, -0.2) is 31.4 Å². The highest BCUT2D eigenvalue weighted by molar-refractivity contribution is 6.09. The minimum atomic E-state index is -0.220. The van der Waals surface area contributed by atoms with Gasteiger partial charge in [0.25, 0.3) is 11.8 Å². The molecule has 0 atom stereocenters. The number of halogens is 1. The lowest BCUT2D eigenvalue weighted by Gasteiger charge is -2.27. The molecular formula is C19H22ClN3O2. The van der Waals surface area contributed by atoms with Crippen LogP contribution in [-0.2, 0) is 0 Å². The second-order valence-corrected chi connectivity index (χ2v) is 6.10. The van der Waals surface area contributed by atoms with Crippen LogP contribution in [0, 0.1) is 12.8 Å². The number of rotatable bonds is 5. The third-order valence-electron chi connectivity index (χ3n) is 4.12. The molecule has 1 fully saturated rings. The maximum Gasteiger partial charge on any atom is 0.255 e. The molecule has 0 aliphatic carbocycles. The summed E-state index contributed by atoms with van der Waals surface area (Å²) in [6.07, 6.45) is 0. The van der Waals surface area contributed by atoms with Crippen LogP contribution in [0.1, 0.15) is 26.3 Å². The van der Waals surface area contributed by atoms with Crippen molar-refractivity contribution in [2.24, 2.45) is 5.92 Å². The lowest BCUT2D eigenvalue weighted by Crippen LogP contribution is -2.48. The van der Waals surface area contributed by atoms with Crippen molar-refractivity contribution in [2.45, 2.75) is 6.92 Å². The van der Waals surface area contributed by atoms with Gasteiger partial charge in [0.05, 0.1) is 11.3 Å². The van der Waals surface area contributed by atoms with Crippen LogP contribution >= 0.6 is 12.4 Å². The van der Waals surface area contributed by atoms with Crippen LogP contribution in [0.25, 0.3) is 0 Å². The van der Waals surface area contributed by atoms with Gasteiger partial charge >= 0.3 is 0 Å². The van der Waals surface area contributed by atoms with Crippen molar-refractivity contribution in [2.75, 3.05) is 25.0 Å². The van der Waals surface area contributed by atoms with Crippen molar-refractivity contribution in [3.63, 3.8) is 0 Å². The zero-order valence-corrected chi connectivity index (χ0v) is 14.9. The fourth-order valence-corrected chi connectivity index (χ4v) is 2.60. The van der Waals surface area contributed by atoms with Crippen molar-refractivity contribution in [3.8, 4) is 0 Å². The highest BCUT2D eigenvalue weighted by Crippen LogP contribution is 2.17. The van der Waals surface area contributed by atoms with Crippen LogP contribution in [0.4, 0.5) is 5.69 Å². The topological polar surface area (TPSA) is 70.2 Å². The highest BCUT2D eigenvalue weighted by Gasteiger charge is 2.19. The van der Waals surface area contributed by atoms with Crippen LogP contribution < -0.4 is 16.0 Å². The summed E-state index contributed by atoms with van der Waals surface area (Å²) in [7, 11) is 0. The van der Waals surface area contributed by atoms with Crippen LogP contribution in [0.15, 0.2) is 48.5 Å². The van der Waals surface area contributed by atoms with E-state index in [0.717, 1.165) is 18.7 Å². The zero-order valence-electron chi connectivity index (χ0n) is 14.0. The van der Waals surface area contributed by atoms with Crippen molar-refractivity contribution in [1.29, 1.82) is 0 Å². The minimum absolute atomic E-state index is 0. The Bertz CT molecular complexity index is 760. The predicted molar refractivity (Wildman–Crippen MR) is 102 cm³/mol. The molecule has 0 saturated carbocycles. The molecule has 0 spiro atoms. The van der Waals surface area contributed by atoms with Crippen molar-refractivity contribution >= 4 is 29.9 Å². The van der Waals surface area contributed by atoms with Gasteiger partial charge in [-0.2, -0.15) is 0 Å². The van der Waals surface area contributed by atoms with Gasteiger partial charge < -0.3 is 16.0 Å². The number of aryl methyl sites for hydroxylation is 1. The average molecular weight is 360 g/mol. The first-order valence-electron chi connectivity index (χ1n) is 8.09. The van der Waals surface area contributed by atoms with E-state index in [1.165, 1.54) is 0 Å². The Morgan fingerprint density at radius 2 is 1.84 bits per heavy atom. The molecule has 1 heterocycles. The molecule has 2 amide bonds. The molecule has 0 unspecified atom stereocenters. The Labute approximate surface area is 153 Å². The molecule has 1 aliphatic rings. The molecular weight excluding hydrogens is 338 g/mol. The molecule has 25 heavy (non-hydrogen) atoms. The third-order valence-corrected chi connectivity index (χ3v) is 4.12. The minimum Gasteiger partial charge on any atom is -0.352 e. The smallest absolute Gasteiger partial charge is 0.255 e. The monoisotopic (exact) mass is 359 g/mol. The third kappa shape index (κ3) is 4.81. The van der Waals surface area contributed by atoms with E-state index < -0.39 is 0 Å². The number of anilines is 1. The number of carbonyl (C=O) groups is 2. The second kappa shape index (κ2) is 8.65. The first-order chi connectivity index (χ1) is 11.6. The Morgan fingerprint density at radius 1 is 1.08 bits per heavy atom. The quantitative estimate of drug-likeness (QED) is 0.768. The molecule has 2 aromatic carbocycles. The van der Waals surface area contributed by atoms with Crippen molar-refractivity contribution in [3.05, 3.63) is 65.2 Å². The van der Waals surface area contributed by atoms with Crippen molar-refractivity contribution in [1.82, 2.24) is 10.6 Å². The van der Waals surface area contributed by atoms with Gasteiger partial charge in [0.2, 0.25) is 0 Å². The number of hydrogen-bond acceptors (Lipinski definition) is 3. The maximum atomic E-state index is 12.4. The number of benzene rings is 2. The largest absolute Gasteiger partial charge is 0.352 e. The van der Waals surface area contributed by atoms with E-state index in [1.807, 2.05) is 25.1 Å². The van der Waals surface area contributed by atoms with Gasteiger partial charge in [-0.3, -0.25) is 9.59 Å². The Balaban J connectivity index is 0.00000225. The lowest BCUT2D eigenvalue weighted by molar-refractivity contribution is 0.0943. The summed E-state index contributed by atoms with van der Waals surface area (Å²) >= 11 is 0. The van der Waals surface area contributed by atoms with Crippen molar-refractivity contribution < 1.29 is 9.59 Å². The predicted octanol–water partition coefficient (Wildman–Crippen LogP) is 2.62. The van der Waals surface area contributed by atoms with E-state index in [1.54, 1.807) is 30.3 Å². The molecule has 132 valence electrons. The number of hydrogen-bond donors (Lipinski definition) is 3. The van der Waals surface area contributed by atoms with Gasteiger partial charge in [0.1, 0.15) is 0 Å². The SMILES string of the molecule is Cc1cccc(C(=O)Nc2ccccc2C(=O)NCC2CNC2)c1.Cl. The summed E-state index contributed by atoms with van der Waals surface area (Å²) in [5.41, 5.74) is 2.59. The molecule has 6 heteroatoms. The Hall–Kier alpha value is -2.37. The summed E-state index contributed by atoms with van der Waals surface area (Å²) in [4.78, 5) is 24.8. The van der Waals surface area contributed by atoms with Crippen LogP contribution in [0.5, 0.6) is 0 Å². The van der Waals surface area contributed by atoms with E-state index in [2.05, 4.69) is 16.0 Å². The first-order valence-corrected chi connectivity index (χ1v) is 8.09. The molecule has 0 aromatic heterocycles. The van der Waals surface area contributed by atoms with Gasteiger partial charge in [-0.05, 0) is 31.2 Å². The number of amides is 2. The molecule has 1 saturated heterocycles. The fraction of sp³-hybridized carbons (Fsp3) is 0.263. The lowest BCUT2D eigenvalue weighted by atomic mass is 10.0. The van der Waals surface area contributed by atoms with E-state index in [0.29, 0.717) is 29.3 Å². The van der Waals surface area contributed by atoms with Gasteiger partial charge in [-0.1, -0.05) is 29.8 Å². The fourth-order valence-electron chi connectivity index (χ4n) is 2.60. The van der Waals surface area contributed by atoms with Gasteiger partial charge in [-0.15, -0.1) is 12.4 Å². The standard InChI is InChI=1S/C19H21N3O2.ClH/c1-13-5-4-6-15(9-13)18(23)22-17-8-3-2-7-16(17)19(24)21-12-14-10-20-11-14;/h2-9,14,20H,10-12H2,1H3,(H,21,24)(H,22,23);1H. The maximum absolute atomic E-state index is 12.4. The van der Waals surface area contributed by atoms with E-state index in [9.17, 15) is 9.59 Å². The van der Waals surface area contributed by atoms with E-state index in [4.69, 9.17) is 0 Å². The zero-order chi connectivity index (χ0) is 16.9. The summed E-state index contributed by atoms with van der Waals surface area (Å²) < 4.78 is 0. The molecule has 2 aromatic rings. The van der Waals surface area contributed by atoms with Gasteiger partial charge in [0.15, 0.2) is 0 Å². The van der Waals surface area contributed by atoms with Gasteiger partial charge in [-0.25, -0.2) is 0 Å². The molecule has 3 rings (SSSR count). The molecule has 5 nitrogen and oxygen atoms in total. The van der Waals surface area contributed by atoms with Crippen LogP contribution in [0.2, 0.25) is 0 Å². The molecule has 0 radical (unpaired) electrons. The summed E-state index contributed by atoms with van der Waals surface area (Å²) in [5, 5.41) is 8.95. The average Bonchev–Trinajstić information content (AvgIpc) is 2.53. The summed E-state index contributed by atoms with van der Waals surface area (Å²) in [6, 6.07) is 14.4. The number of carbonyl (C=O) groups excluding carboxylic acids is 2. The Kier molecular flexibility index (Phi) is 6.56. The van der Waals surface area contributed by atoms with Gasteiger partial charge in [0, 0.05) is 31.1 Å². The van der Waals surface area contributed by atoms with E-state index >= 15 is 0 Å². The molecule has 0 bridgehead atoms. The van der Waals surface area contributed by atoms with Crippen LogP contribution in [0.3, 0.4) is 0 Å². The molecule has 1 aliphatic heterocycles. The summed E-state index contributed by atoms with van der Waals surface area (Å²) in [6.45, 7) is 4.46. The first kappa shape index (κ1) is 19.0. The number of nitrogens with one attached hydrogen (secondary N) is 3. The summed E-state index contributed by atoms with van der Waals surface area (Å²) in [5.74, 6) is 0.104. The number of para-hydroxylation sites is 1. The normalized spacial score (nSPS) is 13.3. The Morgan fingerprint density at radius 3 is 2.52 bits per heavy atom. The highest BCUT2D eigenvalue weighted by atomic mass is 35.5. The van der Waals surface area contributed by atoms with E-state index in [-0.39, 0.29) is 24.2 Å². The second-order valence-electron chi connectivity index (χ2n) is 6.10. The molecule has 3 N–H and O–H groups in total.